The normalized spacial score (nSPS) is 11.9. The van der Waals surface area contributed by atoms with Crippen molar-refractivity contribution in [1.82, 2.24) is 9.13 Å². The van der Waals surface area contributed by atoms with Crippen molar-refractivity contribution in [3.8, 4) is 44.8 Å². The summed E-state index contributed by atoms with van der Waals surface area (Å²) in [5, 5.41) is 7.64. The molecule has 12 aromatic rings. The molecule has 9 aromatic carbocycles. The highest BCUT2D eigenvalue weighted by molar-refractivity contribution is 7.26. The van der Waals surface area contributed by atoms with E-state index in [-0.39, 0.29) is 0 Å². The molecule has 3 heteroatoms. The lowest BCUT2D eigenvalue weighted by Gasteiger charge is -2.15. The maximum absolute atomic E-state index is 2.46. The molecule has 0 saturated carbocycles. The molecule has 0 spiro atoms. The van der Waals surface area contributed by atoms with E-state index in [1.54, 1.807) is 0 Å². The Morgan fingerprint density at radius 1 is 0.281 bits per heavy atom. The van der Waals surface area contributed by atoms with Gasteiger partial charge in [0, 0.05) is 53.1 Å². The number of aromatic nitrogens is 2. The summed E-state index contributed by atoms with van der Waals surface area (Å²) in [7, 11) is 0. The fraction of sp³-hybridized carbons (Fsp3) is 0. The molecule has 0 aliphatic carbocycles. The highest BCUT2D eigenvalue weighted by Gasteiger charge is 2.18. The number of para-hydroxylation sites is 3. The standard InChI is InChI=1S/C54H34N2S/c1-3-14-35(15-4-1)38-30-39(42-21-13-22-46-45-20-9-12-25-53(45)57-54(42)46)32-41(31-38)56-50-24-11-8-19-44(50)48-34-37(27-29-52(48)56)36-26-28-51-47(33-36)43-18-7-10-23-49(43)55(51)40-16-5-2-6-17-40/h1-34H. The van der Waals surface area contributed by atoms with Crippen LogP contribution < -0.4 is 0 Å². The van der Waals surface area contributed by atoms with Crippen molar-refractivity contribution in [3.05, 3.63) is 206 Å². The van der Waals surface area contributed by atoms with Crippen LogP contribution in [0.15, 0.2) is 206 Å². The van der Waals surface area contributed by atoms with Gasteiger partial charge in [0.15, 0.2) is 0 Å². The van der Waals surface area contributed by atoms with Crippen LogP contribution in [0.3, 0.4) is 0 Å². The molecule has 0 radical (unpaired) electrons. The minimum absolute atomic E-state index is 1.15. The Kier molecular flexibility index (Phi) is 7.13. The third-order valence-electron chi connectivity index (χ3n) is 11.7. The van der Waals surface area contributed by atoms with Crippen LogP contribution in [0, 0.1) is 0 Å². The zero-order valence-corrected chi connectivity index (χ0v) is 31.7. The second kappa shape index (κ2) is 12.7. The molecule has 0 amide bonds. The van der Waals surface area contributed by atoms with Crippen LogP contribution in [0.5, 0.6) is 0 Å². The van der Waals surface area contributed by atoms with Crippen molar-refractivity contribution >= 4 is 75.1 Å². The van der Waals surface area contributed by atoms with Gasteiger partial charge in [0.05, 0.1) is 22.1 Å². The molecule has 57 heavy (non-hydrogen) atoms. The van der Waals surface area contributed by atoms with Crippen molar-refractivity contribution < 1.29 is 0 Å². The Labute approximate surface area is 333 Å². The van der Waals surface area contributed by atoms with Gasteiger partial charge in [-0.05, 0) is 106 Å². The minimum Gasteiger partial charge on any atom is -0.309 e. The quantitative estimate of drug-likeness (QED) is 0.166. The Bertz CT molecular complexity index is 3510. The molecule has 0 aliphatic rings. The van der Waals surface area contributed by atoms with Crippen LogP contribution in [0.2, 0.25) is 0 Å². The fourth-order valence-electron chi connectivity index (χ4n) is 9.11. The lowest BCUT2D eigenvalue weighted by atomic mass is 9.96. The topological polar surface area (TPSA) is 9.86 Å². The van der Waals surface area contributed by atoms with Crippen LogP contribution in [0.4, 0.5) is 0 Å². The van der Waals surface area contributed by atoms with Gasteiger partial charge in [-0.15, -0.1) is 11.3 Å². The van der Waals surface area contributed by atoms with Crippen molar-refractivity contribution in [1.29, 1.82) is 0 Å². The number of rotatable bonds is 5. The van der Waals surface area contributed by atoms with Crippen molar-refractivity contribution in [2.45, 2.75) is 0 Å². The summed E-state index contributed by atoms with van der Waals surface area (Å²) in [6.45, 7) is 0. The van der Waals surface area contributed by atoms with E-state index in [2.05, 4.69) is 215 Å². The highest BCUT2D eigenvalue weighted by atomic mass is 32.1. The number of benzene rings is 9. The summed E-state index contributed by atoms with van der Waals surface area (Å²) in [5.41, 5.74) is 14.4. The molecule has 3 aromatic heterocycles. The molecular formula is C54H34N2S. The van der Waals surface area contributed by atoms with Gasteiger partial charge in [-0.25, -0.2) is 0 Å². The average Bonchev–Trinajstić information content (AvgIpc) is 3.94. The van der Waals surface area contributed by atoms with Crippen LogP contribution in [-0.4, -0.2) is 9.13 Å². The van der Waals surface area contributed by atoms with Crippen molar-refractivity contribution in [2.24, 2.45) is 0 Å². The van der Waals surface area contributed by atoms with Gasteiger partial charge in [-0.2, -0.15) is 0 Å². The molecule has 3 heterocycles. The first-order valence-corrected chi connectivity index (χ1v) is 20.3. The number of fused-ring (bicyclic) bond motifs is 9. The summed E-state index contributed by atoms with van der Waals surface area (Å²) in [6.07, 6.45) is 0. The first kappa shape index (κ1) is 32.1. The molecular weight excluding hydrogens is 709 g/mol. The van der Waals surface area contributed by atoms with E-state index >= 15 is 0 Å². The predicted octanol–water partition coefficient (Wildman–Crippen LogP) is 15.2. The summed E-state index contributed by atoms with van der Waals surface area (Å²) < 4.78 is 7.49. The number of nitrogens with zero attached hydrogens (tertiary/aromatic N) is 2. The first-order chi connectivity index (χ1) is 28.3. The van der Waals surface area contributed by atoms with E-state index in [0.717, 1.165) is 5.69 Å². The Balaban J connectivity index is 1.06. The minimum atomic E-state index is 1.15. The van der Waals surface area contributed by atoms with Crippen molar-refractivity contribution in [3.63, 3.8) is 0 Å². The molecule has 2 nitrogen and oxygen atoms in total. The van der Waals surface area contributed by atoms with Crippen LogP contribution >= 0.6 is 11.3 Å². The predicted molar refractivity (Wildman–Crippen MR) is 244 cm³/mol. The maximum Gasteiger partial charge on any atom is 0.0541 e. The van der Waals surface area contributed by atoms with Gasteiger partial charge < -0.3 is 9.13 Å². The maximum atomic E-state index is 2.46. The van der Waals surface area contributed by atoms with E-state index in [9.17, 15) is 0 Å². The van der Waals surface area contributed by atoms with E-state index < -0.39 is 0 Å². The Morgan fingerprint density at radius 3 is 1.49 bits per heavy atom. The second-order valence-electron chi connectivity index (χ2n) is 14.9. The highest BCUT2D eigenvalue weighted by Crippen LogP contribution is 2.43. The molecule has 0 bridgehead atoms. The molecule has 0 N–H and O–H groups in total. The summed E-state index contributed by atoms with van der Waals surface area (Å²) in [6, 6.07) is 75.7. The third kappa shape index (κ3) is 5.03. The number of thiophene rings is 1. The van der Waals surface area contributed by atoms with E-state index in [0.29, 0.717) is 0 Å². The van der Waals surface area contributed by atoms with Gasteiger partial charge >= 0.3 is 0 Å². The van der Waals surface area contributed by atoms with Gasteiger partial charge in [0.2, 0.25) is 0 Å². The fourth-order valence-corrected chi connectivity index (χ4v) is 10.3. The average molecular weight is 743 g/mol. The van der Waals surface area contributed by atoms with Gasteiger partial charge in [0.25, 0.3) is 0 Å². The van der Waals surface area contributed by atoms with Gasteiger partial charge in [0.1, 0.15) is 0 Å². The smallest absolute Gasteiger partial charge is 0.0541 e. The molecule has 0 saturated heterocycles. The van der Waals surface area contributed by atoms with E-state index in [1.165, 1.54) is 103 Å². The Morgan fingerprint density at radius 2 is 0.807 bits per heavy atom. The largest absolute Gasteiger partial charge is 0.309 e. The van der Waals surface area contributed by atoms with E-state index in [4.69, 9.17) is 0 Å². The van der Waals surface area contributed by atoms with Crippen LogP contribution in [-0.2, 0) is 0 Å². The Hall–Kier alpha value is -7.20. The lowest BCUT2D eigenvalue weighted by Crippen LogP contribution is -1.96. The zero-order valence-electron chi connectivity index (χ0n) is 30.9. The number of hydrogen-bond donors (Lipinski definition) is 0. The molecule has 12 rings (SSSR count). The van der Waals surface area contributed by atoms with Crippen molar-refractivity contribution in [2.75, 3.05) is 0 Å². The summed E-state index contributed by atoms with van der Waals surface area (Å²) in [4.78, 5) is 0. The third-order valence-corrected chi connectivity index (χ3v) is 12.9. The molecule has 0 atom stereocenters. The first-order valence-electron chi connectivity index (χ1n) is 19.5. The molecule has 0 aliphatic heterocycles. The summed E-state index contributed by atoms with van der Waals surface area (Å²) >= 11 is 1.89. The molecule has 0 unspecified atom stereocenters. The number of hydrogen-bond acceptors (Lipinski definition) is 1. The lowest BCUT2D eigenvalue weighted by molar-refractivity contribution is 1.18. The van der Waals surface area contributed by atoms with E-state index in [1.807, 2.05) is 11.3 Å². The second-order valence-corrected chi connectivity index (χ2v) is 16.0. The SMILES string of the molecule is c1ccc(-c2cc(-c3cccc4c3sc3ccccc34)cc(-n3c4ccccc4c4cc(-c5ccc6c(c5)c5ccccc5n6-c5ccccc5)ccc43)c2)cc1. The van der Waals surface area contributed by atoms with Crippen LogP contribution in [0.25, 0.3) is 109 Å². The summed E-state index contributed by atoms with van der Waals surface area (Å²) in [5.74, 6) is 0. The van der Waals surface area contributed by atoms with Gasteiger partial charge in [-0.1, -0.05) is 133 Å². The molecule has 0 fully saturated rings. The molecule has 266 valence electrons. The van der Waals surface area contributed by atoms with Crippen LogP contribution in [0.1, 0.15) is 0 Å². The zero-order chi connectivity index (χ0) is 37.5. The van der Waals surface area contributed by atoms with Gasteiger partial charge in [-0.3, -0.25) is 0 Å². The monoisotopic (exact) mass is 742 g/mol.